The predicted octanol–water partition coefficient (Wildman–Crippen LogP) is 3.95. The van der Waals surface area contributed by atoms with Gasteiger partial charge in [-0.1, -0.05) is 46.4 Å². The summed E-state index contributed by atoms with van der Waals surface area (Å²) in [5.74, 6) is 0. The number of sulfonamides is 2. The van der Waals surface area contributed by atoms with E-state index in [1.165, 1.54) is 43.3 Å². The van der Waals surface area contributed by atoms with Gasteiger partial charge in [0, 0.05) is 22.6 Å². The van der Waals surface area contributed by atoms with Crippen molar-refractivity contribution in [3.05, 3.63) is 56.5 Å². The molecule has 2 aromatic rings. The zero-order valence-corrected chi connectivity index (χ0v) is 18.4. The molecular formula is C15H14Cl4N2O4S2. The lowest BCUT2D eigenvalue weighted by Gasteiger charge is -2.16. The third-order valence-corrected chi connectivity index (χ3v) is 7.75. The fourth-order valence-electron chi connectivity index (χ4n) is 2.05. The highest BCUT2D eigenvalue weighted by molar-refractivity contribution is 7.90. The van der Waals surface area contributed by atoms with Gasteiger partial charge in [-0.2, -0.15) is 0 Å². The van der Waals surface area contributed by atoms with Gasteiger partial charge in [0.05, 0.1) is 10.0 Å². The summed E-state index contributed by atoms with van der Waals surface area (Å²) in [4.78, 5) is -0.408. The van der Waals surface area contributed by atoms with E-state index in [2.05, 4.69) is 9.44 Å². The fourth-order valence-corrected chi connectivity index (χ4v) is 5.95. The smallest absolute Gasteiger partial charge is 0.210 e. The van der Waals surface area contributed by atoms with E-state index < -0.39 is 26.1 Å². The van der Waals surface area contributed by atoms with Crippen molar-refractivity contribution < 1.29 is 16.8 Å². The van der Waals surface area contributed by atoms with Gasteiger partial charge in [0.15, 0.2) is 0 Å². The molecule has 0 heterocycles. The third-order valence-electron chi connectivity index (χ3n) is 3.30. The average Bonchev–Trinajstić information content (AvgIpc) is 2.57. The Balaban J connectivity index is 2.12. The first kappa shape index (κ1) is 22.7. The molecule has 12 heteroatoms. The maximum atomic E-state index is 12.4. The minimum atomic E-state index is -4.01. The first-order chi connectivity index (χ1) is 12.4. The van der Waals surface area contributed by atoms with Crippen LogP contribution in [0.3, 0.4) is 0 Å². The molecule has 0 saturated heterocycles. The van der Waals surface area contributed by atoms with Crippen molar-refractivity contribution in [2.45, 2.75) is 22.8 Å². The summed E-state index contributed by atoms with van der Waals surface area (Å²) in [6, 6.07) is 7.22. The number of halogens is 4. The number of hydrogen-bond donors (Lipinski definition) is 2. The molecule has 0 amide bonds. The first-order valence-electron chi connectivity index (χ1n) is 7.34. The molecule has 2 rings (SSSR count). The van der Waals surface area contributed by atoms with E-state index in [9.17, 15) is 16.8 Å². The highest BCUT2D eigenvalue weighted by Gasteiger charge is 2.23. The van der Waals surface area contributed by atoms with Gasteiger partial charge in [-0.05, 0) is 43.3 Å². The second kappa shape index (κ2) is 8.84. The lowest BCUT2D eigenvalue weighted by atomic mass is 10.4. The van der Waals surface area contributed by atoms with Crippen molar-refractivity contribution in [3.63, 3.8) is 0 Å². The van der Waals surface area contributed by atoms with Crippen LogP contribution < -0.4 is 9.44 Å². The van der Waals surface area contributed by atoms with Crippen LogP contribution in [0.4, 0.5) is 0 Å². The summed E-state index contributed by atoms with van der Waals surface area (Å²) < 4.78 is 54.2. The molecule has 0 aromatic heterocycles. The lowest BCUT2D eigenvalue weighted by molar-refractivity contribution is 0.545. The molecule has 0 saturated carbocycles. The Morgan fingerprint density at radius 3 is 1.74 bits per heavy atom. The average molecular weight is 492 g/mol. The van der Waals surface area contributed by atoms with Gasteiger partial charge in [-0.3, -0.25) is 0 Å². The van der Waals surface area contributed by atoms with Crippen molar-refractivity contribution in [2.24, 2.45) is 0 Å². The van der Waals surface area contributed by atoms with E-state index in [4.69, 9.17) is 46.4 Å². The molecule has 148 valence electrons. The quantitative estimate of drug-likeness (QED) is 0.613. The van der Waals surface area contributed by atoms with Gasteiger partial charge >= 0.3 is 0 Å². The summed E-state index contributed by atoms with van der Waals surface area (Å²) in [5.41, 5.74) is 0. The van der Waals surface area contributed by atoms with Crippen LogP contribution in [-0.2, 0) is 20.0 Å². The van der Waals surface area contributed by atoms with Crippen LogP contribution in [0.2, 0.25) is 20.1 Å². The van der Waals surface area contributed by atoms with Crippen molar-refractivity contribution in [3.8, 4) is 0 Å². The van der Waals surface area contributed by atoms with Crippen LogP contribution >= 0.6 is 46.4 Å². The van der Waals surface area contributed by atoms with Crippen LogP contribution in [0, 0.1) is 0 Å². The zero-order valence-electron chi connectivity index (χ0n) is 13.7. The monoisotopic (exact) mass is 490 g/mol. The Bertz CT molecular complexity index is 1060. The van der Waals surface area contributed by atoms with Crippen molar-refractivity contribution in [2.75, 3.05) is 6.54 Å². The Morgan fingerprint density at radius 2 is 1.26 bits per heavy atom. The Morgan fingerprint density at radius 1 is 0.815 bits per heavy atom. The van der Waals surface area contributed by atoms with Gasteiger partial charge in [0.2, 0.25) is 20.0 Å². The molecule has 2 N–H and O–H groups in total. The highest BCUT2D eigenvalue weighted by Crippen LogP contribution is 2.26. The minimum absolute atomic E-state index is 0.00848. The minimum Gasteiger partial charge on any atom is -0.210 e. The normalized spacial score (nSPS) is 13.5. The molecule has 0 spiro atoms. The highest BCUT2D eigenvalue weighted by atomic mass is 35.5. The summed E-state index contributed by atoms with van der Waals surface area (Å²) in [7, 11) is -8.00. The Labute approximate surface area is 177 Å². The van der Waals surface area contributed by atoms with E-state index in [1.54, 1.807) is 0 Å². The van der Waals surface area contributed by atoms with E-state index in [0.29, 0.717) is 0 Å². The third kappa shape index (κ3) is 5.95. The van der Waals surface area contributed by atoms with Crippen LogP contribution in [-0.4, -0.2) is 29.4 Å². The largest absolute Gasteiger partial charge is 0.242 e. The van der Waals surface area contributed by atoms with Crippen LogP contribution in [0.15, 0.2) is 46.2 Å². The van der Waals surface area contributed by atoms with Gasteiger partial charge in [0.1, 0.15) is 9.79 Å². The van der Waals surface area contributed by atoms with E-state index in [-0.39, 0.29) is 36.4 Å². The maximum absolute atomic E-state index is 12.4. The van der Waals surface area contributed by atoms with E-state index in [0.717, 1.165) is 0 Å². The second-order valence-corrected chi connectivity index (χ2v) is 10.6. The number of hydrogen-bond acceptors (Lipinski definition) is 4. The summed E-state index contributed by atoms with van der Waals surface area (Å²) >= 11 is 23.4. The molecule has 0 aliphatic rings. The lowest BCUT2D eigenvalue weighted by Crippen LogP contribution is -2.41. The zero-order chi connectivity index (χ0) is 20.4. The van der Waals surface area contributed by atoms with Gasteiger partial charge < -0.3 is 0 Å². The van der Waals surface area contributed by atoms with Gasteiger partial charge in [0.25, 0.3) is 0 Å². The van der Waals surface area contributed by atoms with Crippen LogP contribution in [0.25, 0.3) is 0 Å². The van der Waals surface area contributed by atoms with Crippen LogP contribution in [0.5, 0.6) is 0 Å². The van der Waals surface area contributed by atoms with E-state index >= 15 is 0 Å². The van der Waals surface area contributed by atoms with E-state index in [1.807, 2.05) is 0 Å². The van der Waals surface area contributed by atoms with Crippen molar-refractivity contribution in [1.82, 2.24) is 9.44 Å². The topological polar surface area (TPSA) is 92.3 Å². The van der Waals surface area contributed by atoms with Crippen molar-refractivity contribution >= 4 is 66.5 Å². The summed E-state index contributed by atoms with van der Waals surface area (Å²) in [5, 5.41) is 0.379. The Hall–Kier alpha value is -0.580. The summed E-state index contributed by atoms with van der Waals surface area (Å²) in [6.07, 6.45) is 0. The Kier molecular flexibility index (Phi) is 7.43. The molecule has 2 aromatic carbocycles. The molecule has 1 atom stereocenters. The number of benzene rings is 2. The van der Waals surface area contributed by atoms with Gasteiger partial charge in [-0.15, -0.1) is 0 Å². The molecule has 0 aliphatic carbocycles. The summed E-state index contributed by atoms with van der Waals surface area (Å²) in [6.45, 7) is 1.25. The molecule has 27 heavy (non-hydrogen) atoms. The first-order valence-corrected chi connectivity index (χ1v) is 11.8. The fraction of sp³-hybridized carbons (Fsp3) is 0.200. The molecule has 1 unspecified atom stereocenters. The molecule has 6 nitrogen and oxygen atoms in total. The molecule has 0 aliphatic heterocycles. The van der Waals surface area contributed by atoms with Gasteiger partial charge in [-0.25, -0.2) is 26.3 Å². The number of nitrogens with one attached hydrogen (secondary N) is 2. The SMILES string of the molecule is CC(CNS(=O)(=O)c1cc(Cl)ccc1Cl)NS(=O)(=O)c1cc(Cl)ccc1Cl. The second-order valence-electron chi connectivity index (χ2n) is 5.52. The standard InChI is InChI=1S/C15H14Cl4N2O4S2/c1-9(21-27(24,25)15-7-11(17)3-5-13(15)19)8-20-26(22,23)14-6-10(16)2-4-12(14)18/h2-7,9,20-21H,8H2,1H3. The predicted molar refractivity (Wildman–Crippen MR) is 108 cm³/mol. The molecule has 0 bridgehead atoms. The molecule has 0 fully saturated rings. The maximum Gasteiger partial charge on any atom is 0.242 e. The van der Waals surface area contributed by atoms with Crippen LogP contribution in [0.1, 0.15) is 6.92 Å². The van der Waals surface area contributed by atoms with Crippen molar-refractivity contribution in [1.29, 1.82) is 0 Å². The molecule has 0 radical (unpaired) electrons. The number of rotatable bonds is 7. The molecular weight excluding hydrogens is 478 g/mol.